The molecule has 1 fully saturated rings. The predicted octanol–water partition coefficient (Wildman–Crippen LogP) is 1.79. The van der Waals surface area contributed by atoms with Gasteiger partial charge in [0.25, 0.3) is 0 Å². The largest absolute Gasteiger partial charge is 0.409 e. The van der Waals surface area contributed by atoms with Crippen LogP contribution in [0.4, 0.5) is 0 Å². The van der Waals surface area contributed by atoms with Gasteiger partial charge in [0, 0.05) is 6.42 Å². The van der Waals surface area contributed by atoms with Gasteiger partial charge in [-0.1, -0.05) is 48.3 Å². The Morgan fingerprint density at radius 2 is 1.95 bits per heavy atom. The number of carbonyl (C=O) groups excluding carboxylic acids is 1. The lowest BCUT2D eigenvalue weighted by atomic mass is 9.95. The molecule has 0 radical (unpaired) electrons. The normalized spacial score (nSPS) is 17.9. The van der Waals surface area contributed by atoms with E-state index in [1.54, 1.807) is 0 Å². The van der Waals surface area contributed by atoms with Crippen LogP contribution in [0.3, 0.4) is 0 Å². The molecule has 1 aromatic carbocycles. The third kappa shape index (κ3) is 3.29. The van der Waals surface area contributed by atoms with Gasteiger partial charge < -0.3 is 16.3 Å². The maximum atomic E-state index is 12.1. The van der Waals surface area contributed by atoms with Crippen LogP contribution in [-0.2, 0) is 11.2 Å². The monoisotopic (exact) mass is 275 g/mol. The standard InChI is InChI=1S/C15H21N3O2/c16-14(18-20)15(10-4-5-11-15)17-13(19)9-8-12-6-2-1-3-7-12/h1-3,6-7,20H,4-5,8-11H2,(H2,16,18)(H,17,19). The minimum Gasteiger partial charge on any atom is -0.409 e. The molecule has 5 heteroatoms. The van der Waals surface area contributed by atoms with Gasteiger partial charge in [0.15, 0.2) is 5.84 Å². The number of amidine groups is 1. The topological polar surface area (TPSA) is 87.7 Å². The van der Waals surface area contributed by atoms with E-state index in [1.165, 1.54) is 0 Å². The van der Waals surface area contributed by atoms with Crippen molar-refractivity contribution in [3.63, 3.8) is 0 Å². The molecule has 0 saturated heterocycles. The van der Waals surface area contributed by atoms with Gasteiger partial charge >= 0.3 is 0 Å². The molecule has 0 aromatic heterocycles. The zero-order valence-electron chi connectivity index (χ0n) is 11.5. The molecule has 0 unspecified atom stereocenters. The quantitative estimate of drug-likeness (QED) is 0.331. The number of nitrogens with one attached hydrogen (secondary N) is 1. The van der Waals surface area contributed by atoms with Gasteiger partial charge in [-0.15, -0.1) is 0 Å². The highest BCUT2D eigenvalue weighted by Crippen LogP contribution is 2.30. The first-order valence-electron chi connectivity index (χ1n) is 6.99. The van der Waals surface area contributed by atoms with E-state index in [1.807, 2.05) is 30.3 Å². The van der Waals surface area contributed by atoms with Crippen LogP contribution in [0.2, 0.25) is 0 Å². The lowest BCUT2D eigenvalue weighted by Gasteiger charge is -2.28. The highest BCUT2D eigenvalue weighted by atomic mass is 16.4. The zero-order valence-corrected chi connectivity index (χ0v) is 11.5. The maximum Gasteiger partial charge on any atom is 0.221 e. The van der Waals surface area contributed by atoms with Crippen molar-refractivity contribution < 1.29 is 10.0 Å². The summed E-state index contributed by atoms with van der Waals surface area (Å²) >= 11 is 0. The molecule has 0 heterocycles. The van der Waals surface area contributed by atoms with E-state index in [-0.39, 0.29) is 11.7 Å². The Hall–Kier alpha value is -2.04. The van der Waals surface area contributed by atoms with Gasteiger partial charge in [0.1, 0.15) is 5.54 Å². The fraction of sp³-hybridized carbons (Fsp3) is 0.467. The molecule has 1 aliphatic carbocycles. The molecule has 1 amide bonds. The van der Waals surface area contributed by atoms with Crippen LogP contribution < -0.4 is 11.1 Å². The first kappa shape index (κ1) is 14.4. The number of rotatable bonds is 5. The van der Waals surface area contributed by atoms with Crippen LogP contribution in [0.5, 0.6) is 0 Å². The number of aryl methyl sites for hydroxylation is 1. The molecule has 1 aliphatic rings. The van der Waals surface area contributed by atoms with Crippen molar-refractivity contribution in [2.75, 3.05) is 0 Å². The molecule has 20 heavy (non-hydrogen) atoms. The second kappa shape index (κ2) is 6.41. The number of amides is 1. The predicted molar refractivity (Wildman–Crippen MR) is 77.5 cm³/mol. The second-order valence-corrected chi connectivity index (χ2v) is 5.31. The lowest BCUT2D eigenvalue weighted by Crippen LogP contribution is -2.55. The Kier molecular flexibility index (Phi) is 4.61. The van der Waals surface area contributed by atoms with Crippen molar-refractivity contribution in [2.45, 2.75) is 44.1 Å². The van der Waals surface area contributed by atoms with E-state index < -0.39 is 5.54 Å². The summed E-state index contributed by atoms with van der Waals surface area (Å²) in [7, 11) is 0. The van der Waals surface area contributed by atoms with Gasteiger partial charge in [0.2, 0.25) is 5.91 Å². The third-order valence-corrected chi connectivity index (χ3v) is 3.92. The zero-order chi connectivity index (χ0) is 14.4. The van der Waals surface area contributed by atoms with Crippen molar-refractivity contribution in [1.29, 1.82) is 0 Å². The van der Waals surface area contributed by atoms with Gasteiger partial charge in [0.05, 0.1) is 0 Å². The number of nitrogens with zero attached hydrogens (tertiary/aromatic N) is 1. The Morgan fingerprint density at radius 3 is 2.55 bits per heavy atom. The molecule has 2 rings (SSSR count). The molecule has 0 spiro atoms. The number of hydrogen-bond acceptors (Lipinski definition) is 3. The Balaban J connectivity index is 1.93. The summed E-state index contributed by atoms with van der Waals surface area (Å²) in [5.41, 5.74) is 6.24. The highest BCUT2D eigenvalue weighted by Gasteiger charge is 2.39. The first-order chi connectivity index (χ1) is 9.66. The molecule has 1 aromatic rings. The Labute approximate surface area is 118 Å². The van der Waals surface area contributed by atoms with Gasteiger partial charge in [-0.05, 0) is 24.8 Å². The summed E-state index contributed by atoms with van der Waals surface area (Å²) in [5.74, 6) is 0.0606. The summed E-state index contributed by atoms with van der Waals surface area (Å²) in [5, 5.41) is 14.9. The van der Waals surface area contributed by atoms with Crippen LogP contribution in [0.1, 0.15) is 37.7 Å². The summed E-state index contributed by atoms with van der Waals surface area (Å²) in [6, 6.07) is 9.88. The summed E-state index contributed by atoms with van der Waals surface area (Å²) in [6.07, 6.45) is 4.54. The minimum absolute atomic E-state index is 0.0534. The summed E-state index contributed by atoms with van der Waals surface area (Å²) < 4.78 is 0. The number of nitrogens with two attached hydrogens (primary N) is 1. The van der Waals surface area contributed by atoms with E-state index in [4.69, 9.17) is 10.9 Å². The summed E-state index contributed by atoms with van der Waals surface area (Å²) in [4.78, 5) is 12.1. The smallest absolute Gasteiger partial charge is 0.221 e. The first-order valence-corrected chi connectivity index (χ1v) is 6.99. The fourth-order valence-corrected chi connectivity index (χ4v) is 2.75. The summed E-state index contributed by atoms with van der Waals surface area (Å²) in [6.45, 7) is 0. The van der Waals surface area contributed by atoms with E-state index >= 15 is 0 Å². The molecule has 1 saturated carbocycles. The molecule has 0 bridgehead atoms. The molecule has 0 atom stereocenters. The van der Waals surface area contributed by atoms with E-state index in [0.717, 1.165) is 31.2 Å². The van der Waals surface area contributed by atoms with Crippen molar-refractivity contribution in [1.82, 2.24) is 5.32 Å². The molecule has 4 N–H and O–H groups in total. The lowest BCUT2D eigenvalue weighted by molar-refractivity contribution is -0.122. The molecule has 108 valence electrons. The van der Waals surface area contributed by atoms with Crippen LogP contribution >= 0.6 is 0 Å². The van der Waals surface area contributed by atoms with Gasteiger partial charge in [-0.25, -0.2) is 0 Å². The molecule has 5 nitrogen and oxygen atoms in total. The van der Waals surface area contributed by atoms with Gasteiger partial charge in [-0.3, -0.25) is 4.79 Å². The van der Waals surface area contributed by atoms with Crippen LogP contribution in [0, 0.1) is 0 Å². The Morgan fingerprint density at radius 1 is 1.30 bits per heavy atom. The van der Waals surface area contributed by atoms with E-state index in [0.29, 0.717) is 12.8 Å². The molecular weight excluding hydrogens is 254 g/mol. The third-order valence-electron chi connectivity index (χ3n) is 3.92. The average Bonchev–Trinajstić information content (AvgIpc) is 2.95. The van der Waals surface area contributed by atoms with Crippen molar-refractivity contribution >= 4 is 11.7 Å². The van der Waals surface area contributed by atoms with Gasteiger partial charge in [-0.2, -0.15) is 0 Å². The SMILES string of the molecule is N/C(=N/O)C1(NC(=O)CCc2ccccc2)CCCC1. The maximum absolute atomic E-state index is 12.1. The number of benzene rings is 1. The van der Waals surface area contributed by atoms with Crippen LogP contribution in [0.25, 0.3) is 0 Å². The Bertz CT molecular complexity index is 479. The minimum atomic E-state index is -0.650. The van der Waals surface area contributed by atoms with Crippen molar-refractivity contribution in [2.24, 2.45) is 10.9 Å². The molecular formula is C15H21N3O2. The number of oxime groups is 1. The average molecular weight is 275 g/mol. The van der Waals surface area contributed by atoms with Crippen LogP contribution in [0.15, 0.2) is 35.5 Å². The number of hydrogen-bond donors (Lipinski definition) is 3. The highest BCUT2D eigenvalue weighted by molar-refractivity contribution is 5.94. The molecule has 0 aliphatic heterocycles. The van der Waals surface area contributed by atoms with E-state index in [2.05, 4.69) is 10.5 Å². The second-order valence-electron chi connectivity index (χ2n) is 5.31. The van der Waals surface area contributed by atoms with E-state index in [9.17, 15) is 4.79 Å². The number of carbonyl (C=O) groups is 1. The fourth-order valence-electron chi connectivity index (χ4n) is 2.75. The van der Waals surface area contributed by atoms with Crippen molar-refractivity contribution in [3.8, 4) is 0 Å². The van der Waals surface area contributed by atoms with Crippen molar-refractivity contribution in [3.05, 3.63) is 35.9 Å². The van der Waals surface area contributed by atoms with Crippen LogP contribution in [-0.4, -0.2) is 22.5 Å².